The van der Waals surface area contributed by atoms with Crippen molar-refractivity contribution < 1.29 is 9.90 Å². The van der Waals surface area contributed by atoms with Crippen molar-refractivity contribution in [1.82, 2.24) is 19.4 Å². The summed E-state index contributed by atoms with van der Waals surface area (Å²) in [5.74, 6) is 0.0839. The molecule has 0 saturated carbocycles. The Kier molecular flexibility index (Phi) is 3.00. The van der Waals surface area contributed by atoms with E-state index in [0.717, 1.165) is 25.5 Å². The average molecular weight is 258 g/mol. The molecular formula is C13H14N4O2. The minimum atomic E-state index is -0.929. The molecule has 3 heterocycles. The first-order valence-electron chi connectivity index (χ1n) is 6.13. The highest BCUT2D eigenvalue weighted by Gasteiger charge is 2.19. The molecule has 6 heteroatoms. The van der Waals surface area contributed by atoms with Crippen molar-refractivity contribution in [3.05, 3.63) is 47.8 Å². The van der Waals surface area contributed by atoms with Gasteiger partial charge < -0.3 is 9.67 Å². The number of carbonyl (C=O) groups is 1. The lowest BCUT2D eigenvalue weighted by molar-refractivity contribution is 0.0693. The Labute approximate surface area is 110 Å². The van der Waals surface area contributed by atoms with E-state index in [2.05, 4.69) is 19.4 Å². The zero-order chi connectivity index (χ0) is 13.2. The third-order valence-corrected chi connectivity index (χ3v) is 3.32. The van der Waals surface area contributed by atoms with Crippen molar-refractivity contribution >= 4 is 5.97 Å². The number of hydrogen-bond acceptors (Lipinski definition) is 4. The van der Waals surface area contributed by atoms with Crippen molar-refractivity contribution in [1.29, 1.82) is 0 Å². The predicted molar refractivity (Wildman–Crippen MR) is 67.5 cm³/mol. The van der Waals surface area contributed by atoms with Crippen LogP contribution in [0.2, 0.25) is 0 Å². The predicted octanol–water partition coefficient (Wildman–Crippen LogP) is 0.992. The van der Waals surface area contributed by atoms with Crippen LogP contribution in [0.15, 0.2) is 30.7 Å². The Morgan fingerprint density at radius 2 is 2.21 bits per heavy atom. The van der Waals surface area contributed by atoms with Crippen LogP contribution in [0.1, 0.15) is 21.9 Å². The number of aromatic carboxylic acids is 1. The Balaban J connectivity index is 1.78. The molecular weight excluding hydrogens is 244 g/mol. The second kappa shape index (κ2) is 4.81. The van der Waals surface area contributed by atoms with Crippen LogP contribution >= 0.6 is 0 Å². The molecule has 0 aliphatic carbocycles. The summed E-state index contributed by atoms with van der Waals surface area (Å²) in [5.41, 5.74) is 0.881. The Bertz CT molecular complexity index is 608. The first-order chi connectivity index (χ1) is 9.24. The highest BCUT2D eigenvalue weighted by Crippen LogP contribution is 2.15. The SMILES string of the molecule is O=C(O)c1cccnc1CN1CCn2ccnc2C1. The van der Waals surface area contributed by atoms with E-state index in [4.69, 9.17) is 5.11 Å². The summed E-state index contributed by atoms with van der Waals surface area (Å²) in [6.45, 7) is 3.02. The summed E-state index contributed by atoms with van der Waals surface area (Å²) in [4.78, 5) is 21.8. The molecule has 0 fully saturated rings. The highest BCUT2D eigenvalue weighted by atomic mass is 16.4. The number of aromatic nitrogens is 3. The van der Waals surface area contributed by atoms with Crippen molar-refractivity contribution in [3.63, 3.8) is 0 Å². The second-order valence-corrected chi connectivity index (χ2v) is 4.55. The molecule has 6 nitrogen and oxygen atoms in total. The third-order valence-electron chi connectivity index (χ3n) is 3.32. The summed E-state index contributed by atoms with van der Waals surface area (Å²) in [6.07, 6.45) is 5.39. The molecule has 0 aromatic carbocycles. The molecule has 3 rings (SSSR count). The van der Waals surface area contributed by atoms with Gasteiger partial charge >= 0.3 is 5.97 Å². The first-order valence-corrected chi connectivity index (χ1v) is 6.13. The van der Waals surface area contributed by atoms with E-state index in [-0.39, 0.29) is 5.56 Å². The molecule has 2 aromatic heterocycles. The summed E-state index contributed by atoms with van der Waals surface area (Å²) in [5, 5.41) is 9.14. The quantitative estimate of drug-likeness (QED) is 0.889. The molecule has 98 valence electrons. The van der Waals surface area contributed by atoms with Gasteiger partial charge in [0, 0.05) is 38.2 Å². The fraction of sp³-hybridized carbons (Fsp3) is 0.308. The molecule has 0 amide bonds. The fourth-order valence-corrected chi connectivity index (χ4v) is 2.33. The summed E-state index contributed by atoms with van der Waals surface area (Å²) < 4.78 is 2.12. The van der Waals surface area contributed by atoms with Gasteiger partial charge in [-0.2, -0.15) is 0 Å². The lowest BCUT2D eigenvalue weighted by Crippen LogP contribution is -2.33. The number of imidazole rings is 1. The van der Waals surface area contributed by atoms with E-state index in [1.165, 1.54) is 0 Å². The Morgan fingerprint density at radius 3 is 3.05 bits per heavy atom. The second-order valence-electron chi connectivity index (χ2n) is 4.55. The fourth-order valence-electron chi connectivity index (χ4n) is 2.33. The number of carboxylic acids is 1. The van der Waals surface area contributed by atoms with Crippen LogP contribution in [0, 0.1) is 0 Å². The number of pyridine rings is 1. The van der Waals surface area contributed by atoms with Crippen LogP contribution in [0.3, 0.4) is 0 Å². The lowest BCUT2D eigenvalue weighted by Gasteiger charge is -2.27. The molecule has 1 aliphatic rings. The molecule has 0 spiro atoms. The third kappa shape index (κ3) is 2.34. The van der Waals surface area contributed by atoms with Crippen molar-refractivity contribution in [2.24, 2.45) is 0 Å². The van der Waals surface area contributed by atoms with E-state index in [0.29, 0.717) is 12.2 Å². The van der Waals surface area contributed by atoms with Gasteiger partial charge in [0.05, 0.1) is 17.8 Å². The molecule has 0 bridgehead atoms. The smallest absolute Gasteiger partial charge is 0.337 e. The average Bonchev–Trinajstić information content (AvgIpc) is 2.86. The van der Waals surface area contributed by atoms with Gasteiger partial charge in [0.25, 0.3) is 0 Å². The van der Waals surface area contributed by atoms with Crippen LogP contribution in [-0.4, -0.2) is 37.1 Å². The normalized spacial score (nSPS) is 15.2. The maximum atomic E-state index is 11.1. The molecule has 0 saturated heterocycles. The molecule has 19 heavy (non-hydrogen) atoms. The number of carboxylic acid groups (broad SMARTS) is 1. The maximum absolute atomic E-state index is 11.1. The summed E-state index contributed by atoms with van der Waals surface area (Å²) >= 11 is 0. The van der Waals surface area contributed by atoms with Gasteiger partial charge in [-0.3, -0.25) is 9.88 Å². The van der Waals surface area contributed by atoms with E-state index >= 15 is 0 Å². The van der Waals surface area contributed by atoms with Crippen molar-refractivity contribution in [3.8, 4) is 0 Å². The number of nitrogens with zero attached hydrogens (tertiary/aromatic N) is 4. The van der Waals surface area contributed by atoms with Gasteiger partial charge in [0.1, 0.15) is 5.82 Å². The van der Waals surface area contributed by atoms with E-state index in [1.807, 2.05) is 6.20 Å². The Hall–Kier alpha value is -2.21. The maximum Gasteiger partial charge on any atom is 0.337 e. The van der Waals surface area contributed by atoms with Gasteiger partial charge in [-0.05, 0) is 12.1 Å². The molecule has 0 unspecified atom stereocenters. The van der Waals surface area contributed by atoms with E-state index in [1.54, 1.807) is 24.5 Å². The number of rotatable bonds is 3. The summed E-state index contributed by atoms with van der Waals surface area (Å²) in [7, 11) is 0. The molecule has 0 radical (unpaired) electrons. The van der Waals surface area contributed by atoms with Crippen molar-refractivity contribution in [2.75, 3.05) is 6.54 Å². The monoisotopic (exact) mass is 258 g/mol. The van der Waals surface area contributed by atoms with Crippen molar-refractivity contribution in [2.45, 2.75) is 19.6 Å². The van der Waals surface area contributed by atoms with Gasteiger partial charge in [-0.1, -0.05) is 0 Å². The van der Waals surface area contributed by atoms with E-state index < -0.39 is 5.97 Å². The molecule has 2 aromatic rings. The standard InChI is InChI=1S/C13H14N4O2/c18-13(19)10-2-1-3-14-11(10)8-16-6-7-17-5-4-15-12(17)9-16/h1-5H,6-9H2,(H,18,19). The first kappa shape index (κ1) is 11.9. The van der Waals surface area contributed by atoms with Crippen LogP contribution in [0.5, 0.6) is 0 Å². The minimum Gasteiger partial charge on any atom is -0.478 e. The largest absolute Gasteiger partial charge is 0.478 e. The van der Waals surface area contributed by atoms with Gasteiger partial charge in [0.2, 0.25) is 0 Å². The number of fused-ring (bicyclic) bond motifs is 1. The zero-order valence-electron chi connectivity index (χ0n) is 10.4. The zero-order valence-corrected chi connectivity index (χ0v) is 10.4. The topological polar surface area (TPSA) is 71.2 Å². The summed E-state index contributed by atoms with van der Waals surface area (Å²) in [6, 6.07) is 3.24. The van der Waals surface area contributed by atoms with Gasteiger partial charge in [-0.25, -0.2) is 9.78 Å². The van der Waals surface area contributed by atoms with Crippen LogP contribution in [0.4, 0.5) is 0 Å². The lowest BCUT2D eigenvalue weighted by atomic mass is 10.2. The van der Waals surface area contributed by atoms with E-state index in [9.17, 15) is 4.79 Å². The Morgan fingerprint density at radius 1 is 1.32 bits per heavy atom. The highest BCUT2D eigenvalue weighted by molar-refractivity contribution is 5.88. The molecule has 1 aliphatic heterocycles. The van der Waals surface area contributed by atoms with Gasteiger partial charge in [-0.15, -0.1) is 0 Å². The van der Waals surface area contributed by atoms with Crippen LogP contribution < -0.4 is 0 Å². The van der Waals surface area contributed by atoms with Gasteiger partial charge in [0.15, 0.2) is 0 Å². The molecule has 0 atom stereocenters. The molecule has 1 N–H and O–H groups in total. The minimum absolute atomic E-state index is 0.274. The number of hydrogen-bond donors (Lipinski definition) is 1. The van der Waals surface area contributed by atoms with Crippen LogP contribution in [-0.2, 0) is 19.6 Å². The van der Waals surface area contributed by atoms with Crippen LogP contribution in [0.25, 0.3) is 0 Å².